The third-order valence-electron chi connectivity index (χ3n) is 5.14. The largest absolute Gasteiger partial charge is 0.455 e. The van der Waals surface area contributed by atoms with E-state index in [9.17, 15) is 27.6 Å². The van der Waals surface area contributed by atoms with Gasteiger partial charge in [-0.25, -0.2) is 9.59 Å². The molecule has 0 unspecified atom stereocenters. The van der Waals surface area contributed by atoms with Crippen molar-refractivity contribution in [1.82, 2.24) is 14.0 Å². The number of carbonyl (C=O) groups is 1. The molecule has 1 aliphatic heterocycles. The second-order valence-corrected chi connectivity index (χ2v) is 8.60. The number of rotatable bonds is 7. The first-order valence-corrected chi connectivity index (χ1v) is 10.6. The number of hydrogen-bond donors (Lipinski definition) is 1. The average Bonchev–Trinajstić information content (AvgIpc) is 3.24. The van der Waals surface area contributed by atoms with Gasteiger partial charge in [0.15, 0.2) is 0 Å². The van der Waals surface area contributed by atoms with Crippen LogP contribution in [-0.2, 0) is 29.1 Å². The van der Waals surface area contributed by atoms with Gasteiger partial charge in [0.1, 0.15) is 17.4 Å². The molecule has 176 valence electrons. The van der Waals surface area contributed by atoms with Crippen molar-refractivity contribution in [2.45, 2.75) is 58.8 Å². The van der Waals surface area contributed by atoms with Gasteiger partial charge in [-0.15, -0.1) is 11.3 Å². The van der Waals surface area contributed by atoms with Crippen molar-refractivity contribution in [2.24, 2.45) is 5.73 Å². The molecular weight excluding hydrogens is 453 g/mol. The summed E-state index contributed by atoms with van der Waals surface area (Å²) in [6, 6.07) is -0.775. The molecule has 1 aliphatic rings. The van der Waals surface area contributed by atoms with E-state index in [1.165, 1.54) is 17.4 Å². The number of nitrogens with two attached hydrogens (primary N) is 1. The number of primary amides is 1. The topological polar surface area (TPSA) is 109 Å². The number of carbonyl (C=O) groups excluding carboxylic acids is 1. The quantitative estimate of drug-likeness (QED) is 0.661. The van der Waals surface area contributed by atoms with Crippen molar-refractivity contribution < 1.29 is 27.4 Å². The Hall–Kier alpha value is -2.96. The van der Waals surface area contributed by atoms with Gasteiger partial charge in [-0.1, -0.05) is 0 Å². The summed E-state index contributed by atoms with van der Waals surface area (Å²) < 4.78 is 51.1. The van der Waals surface area contributed by atoms with E-state index in [1.807, 2.05) is 0 Å². The number of aromatic nitrogens is 2. The molecule has 3 rings (SSSR count). The fourth-order valence-electron chi connectivity index (χ4n) is 3.48. The molecule has 0 spiro atoms. The van der Waals surface area contributed by atoms with Crippen molar-refractivity contribution in [3.8, 4) is 0 Å². The van der Waals surface area contributed by atoms with Crippen LogP contribution in [0.4, 0.5) is 18.0 Å². The Morgan fingerprint density at radius 1 is 1.25 bits per heavy atom. The van der Waals surface area contributed by atoms with Crippen LogP contribution < -0.4 is 17.0 Å². The van der Waals surface area contributed by atoms with E-state index in [-0.39, 0.29) is 29.9 Å². The van der Waals surface area contributed by atoms with E-state index in [0.29, 0.717) is 10.4 Å². The number of alkyl halides is 3. The van der Waals surface area contributed by atoms with E-state index in [2.05, 4.69) is 0 Å². The number of ether oxygens (including phenoxy) is 2. The van der Waals surface area contributed by atoms with Gasteiger partial charge >= 0.3 is 17.9 Å². The van der Waals surface area contributed by atoms with Crippen LogP contribution in [0.1, 0.15) is 30.7 Å². The first-order chi connectivity index (χ1) is 14.9. The highest BCUT2D eigenvalue weighted by Crippen LogP contribution is 2.31. The van der Waals surface area contributed by atoms with Crippen LogP contribution in [0.15, 0.2) is 22.1 Å². The second-order valence-electron chi connectivity index (χ2n) is 7.52. The maximum Gasteiger partial charge on any atom is 0.390 e. The number of thiophene rings is 1. The van der Waals surface area contributed by atoms with Crippen molar-refractivity contribution in [3.05, 3.63) is 43.8 Å². The molecule has 0 radical (unpaired) electrons. The number of aryl methyl sites for hydroxylation is 2. The fraction of sp³-hybridized carbons (Fsp3) is 0.526. The summed E-state index contributed by atoms with van der Waals surface area (Å²) in [6.07, 6.45) is -3.03. The van der Waals surface area contributed by atoms with Gasteiger partial charge in [-0.05, 0) is 19.4 Å². The van der Waals surface area contributed by atoms with Crippen molar-refractivity contribution in [3.63, 3.8) is 0 Å². The van der Waals surface area contributed by atoms with Gasteiger partial charge in [0.25, 0.3) is 11.3 Å². The molecular formula is C19H23F3N4O5S. The van der Waals surface area contributed by atoms with Crippen molar-refractivity contribution >= 4 is 27.6 Å². The molecule has 2 aromatic rings. The van der Waals surface area contributed by atoms with E-state index < -0.39 is 42.2 Å². The molecule has 0 atom stereocenters. The van der Waals surface area contributed by atoms with Crippen LogP contribution in [0.25, 0.3) is 10.2 Å². The number of fused-ring (bicyclic) bond motifs is 1. The Labute approximate surface area is 184 Å². The van der Waals surface area contributed by atoms with E-state index in [1.54, 1.807) is 20.8 Å². The van der Waals surface area contributed by atoms with Crippen LogP contribution in [0, 0.1) is 6.92 Å². The van der Waals surface area contributed by atoms with E-state index in [0.717, 1.165) is 20.5 Å². The van der Waals surface area contributed by atoms with Crippen molar-refractivity contribution in [1.29, 1.82) is 0 Å². The van der Waals surface area contributed by atoms with E-state index >= 15 is 0 Å². The van der Waals surface area contributed by atoms with E-state index in [4.69, 9.17) is 15.2 Å². The van der Waals surface area contributed by atoms with Gasteiger partial charge in [-0.2, -0.15) is 13.2 Å². The standard InChI is InChI=1S/C19H23F3N4O5S/c1-4-25-14(27)13-11(2)12(9-24(16(23)28)10-18(3)30-7-8-31-18)32-15(13)26(17(25)29)6-5-19(20,21)22/h7-8H,4-6,9-10H2,1-3H3,(H2,23,28). The molecule has 0 bridgehead atoms. The Bertz CT molecular complexity index is 1170. The zero-order chi connectivity index (χ0) is 23.8. The summed E-state index contributed by atoms with van der Waals surface area (Å²) in [7, 11) is 0. The summed E-state index contributed by atoms with van der Waals surface area (Å²) in [5, 5.41) is 0.152. The predicted molar refractivity (Wildman–Crippen MR) is 111 cm³/mol. The van der Waals surface area contributed by atoms with Crippen LogP contribution in [0.5, 0.6) is 0 Å². The molecule has 0 saturated carbocycles. The third-order valence-corrected chi connectivity index (χ3v) is 6.44. The normalized spacial score (nSPS) is 15.1. The van der Waals surface area contributed by atoms with Gasteiger partial charge in [-0.3, -0.25) is 13.9 Å². The SMILES string of the molecule is CCn1c(=O)c2c(C)c(CN(CC3(C)OC=CO3)C(N)=O)sc2n(CCC(F)(F)F)c1=O. The van der Waals surface area contributed by atoms with Crippen LogP contribution >= 0.6 is 11.3 Å². The summed E-state index contributed by atoms with van der Waals surface area (Å²) in [5.41, 5.74) is 4.59. The average molecular weight is 476 g/mol. The Kier molecular flexibility index (Phi) is 6.31. The lowest BCUT2D eigenvalue weighted by Crippen LogP contribution is -2.46. The van der Waals surface area contributed by atoms with Gasteiger partial charge in [0.05, 0.1) is 24.9 Å². The summed E-state index contributed by atoms with van der Waals surface area (Å²) >= 11 is 0.987. The predicted octanol–water partition coefficient (Wildman–Crippen LogP) is 2.62. The van der Waals surface area contributed by atoms with Gasteiger partial charge in [0.2, 0.25) is 0 Å². The highest BCUT2D eigenvalue weighted by Gasteiger charge is 2.34. The van der Waals surface area contributed by atoms with Crippen molar-refractivity contribution in [2.75, 3.05) is 6.54 Å². The Balaban J connectivity index is 2.07. The smallest absolute Gasteiger partial charge is 0.390 e. The number of amides is 2. The summed E-state index contributed by atoms with van der Waals surface area (Å²) in [4.78, 5) is 39.5. The summed E-state index contributed by atoms with van der Waals surface area (Å²) in [6.45, 7) is 4.11. The zero-order valence-corrected chi connectivity index (χ0v) is 18.5. The highest BCUT2D eigenvalue weighted by atomic mass is 32.1. The Morgan fingerprint density at radius 3 is 2.41 bits per heavy atom. The van der Waals surface area contributed by atoms with Crippen LogP contribution in [0.3, 0.4) is 0 Å². The summed E-state index contributed by atoms with van der Waals surface area (Å²) in [5.74, 6) is -1.15. The highest BCUT2D eigenvalue weighted by molar-refractivity contribution is 7.18. The number of hydrogen-bond acceptors (Lipinski definition) is 6. The third kappa shape index (κ3) is 4.61. The fourth-order valence-corrected chi connectivity index (χ4v) is 4.81. The molecule has 0 fully saturated rings. The number of halogens is 3. The van der Waals surface area contributed by atoms with Gasteiger partial charge in [0, 0.05) is 24.9 Å². The number of urea groups is 1. The maximum absolute atomic E-state index is 12.9. The molecule has 0 aromatic carbocycles. The molecule has 0 aliphatic carbocycles. The molecule has 32 heavy (non-hydrogen) atoms. The first-order valence-electron chi connectivity index (χ1n) is 9.74. The minimum atomic E-state index is -4.47. The molecule has 2 aromatic heterocycles. The number of nitrogens with zero attached hydrogens (tertiary/aromatic N) is 3. The van der Waals surface area contributed by atoms with Crippen LogP contribution in [0.2, 0.25) is 0 Å². The van der Waals surface area contributed by atoms with Gasteiger partial charge < -0.3 is 20.1 Å². The monoisotopic (exact) mass is 476 g/mol. The second kappa shape index (κ2) is 8.52. The maximum atomic E-state index is 12.9. The molecule has 2 amide bonds. The molecule has 13 heteroatoms. The molecule has 0 saturated heterocycles. The lowest BCUT2D eigenvalue weighted by molar-refractivity contribution is -0.137. The minimum absolute atomic E-state index is 0.0116. The first kappa shape index (κ1) is 23.7. The lowest BCUT2D eigenvalue weighted by Gasteiger charge is -2.29. The van der Waals surface area contributed by atoms with Crippen LogP contribution in [-0.4, -0.2) is 38.6 Å². The lowest BCUT2D eigenvalue weighted by atomic mass is 10.2. The molecule has 3 heterocycles. The molecule has 2 N–H and O–H groups in total. The Morgan fingerprint density at radius 2 is 1.88 bits per heavy atom. The zero-order valence-electron chi connectivity index (χ0n) is 17.7. The molecule has 9 nitrogen and oxygen atoms in total. The minimum Gasteiger partial charge on any atom is -0.455 e.